The second-order valence-corrected chi connectivity index (χ2v) is 11.2. The quantitative estimate of drug-likeness (QED) is 0.376. The molecule has 0 aromatic heterocycles. The van der Waals surface area contributed by atoms with Crippen LogP contribution in [0.25, 0.3) is 11.1 Å². The maximum atomic E-state index is 13.9. The lowest BCUT2D eigenvalue weighted by molar-refractivity contribution is -0.137. The lowest BCUT2D eigenvalue weighted by Crippen LogP contribution is -2.56. The summed E-state index contributed by atoms with van der Waals surface area (Å²) in [4.78, 5) is 33.4. The molecule has 3 amide bonds. The molecule has 0 bridgehead atoms. The van der Waals surface area contributed by atoms with Crippen LogP contribution in [0.2, 0.25) is 0 Å². The van der Waals surface area contributed by atoms with Crippen molar-refractivity contribution in [2.75, 3.05) is 19.6 Å². The first-order chi connectivity index (χ1) is 18.1. The minimum absolute atomic E-state index is 0.0344. The highest BCUT2D eigenvalue weighted by Crippen LogP contribution is 2.41. The summed E-state index contributed by atoms with van der Waals surface area (Å²) in [7, 11) is 0. The first-order valence-corrected chi connectivity index (χ1v) is 13.7. The topological polar surface area (TPSA) is 43.9 Å². The van der Waals surface area contributed by atoms with Crippen molar-refractivity contribution < 1.29 is 9.59 Å². The van der Waals surface area contributed by atoms with E-state index in [4.69, 9.17) is 0 Å². The molecule has 5 nitrogen and oxygen atoms in total. The van der Waals surface area contributed by atoms with Crippen molar-refractivity contribution in [1.82, 2.24) is 14.7 Å². The molecule has 2 saturated heterocycles. The van der Waals surface area contributed by atoms with E-state index in [0.29, 0.717) is 19.4 Å². The van der Waals surface area contributed by atoms with Crippen LogP contribution in [0, 0.1) is 0 Å². The van der Waals surface area contributed by atoms with E-state index >= 15 is 0 Å². The summed E-state index contributed by atoms with van der Waals surface area (Å²) in [5.41, 5.74) is 8.73. The van der Waals surface area contributed by atoms with Gasteiger partial charge < -0.3 is 4.90 Å². The smallest absolute Gasteiger partial charge is 0.310 e. The van der Waals surface area contributed by atoms with Crippen molar-refractivity contribution in [3.63, 3.8) is 0 Å². The zero-order valence-corrected chi connectivity index (χ0v) is 21.5. The van der Waals surface area contributed by atoms with E-state index < -0.39 is 5.54 Å². The number of hydrogen-bond acceptors (Lipinski definition) is 3. The Balaban J connectivity index is 1.06. The van der Waals surface area contributed by atoms with Crippen LogP contribution in [-0.4, -0.2) is 57.9 Å². The predicted octanol–water partition coefficient (Wildman–Crippen LogP) is 5.04. The molecule has 188 valence electrons. The van der Waals surface area contributed by atoms with Gasteiger partial charge in [0, 0.05) is 32.2 Å². The van der Waals surface area contributed by atoms with Gasteiger partial charge in [0.2, 0.25) is 0 Å². The van der Waals surface area contributed by atoms with Crippen LogP contribution in [0.15, 0.2) is 66.7 Å². The second kappa shape index (κ2) is 8.56. The van der Waals surface area contributed by atoms with Gasteiger partial charge in [0.05, 0.1) is 0 Å². The molecule has 0 atom stereocenters. The highest BCUT2D eigenvalue weighted by Gasteiger charge is 2.59. The van der Waals surface area contributed by atoms with Crippen LogP contribution in [0.4, 0.5) is 4.79 Å². The number of carbonyl (C=O) groups is 2. The third-order valence-electron chi connectivity index (χ3n) is 9.23. The average molecular weight is 492 g/mol. The number of piperidine rings is 1. The molecule has 3 aromatic carbocycles. The van der Waals surface area contributed by atoms with Gasteiger partial charge in [-0.2, -0.15) is 0 Å². The van der Waals surface area contributed by atoms with E-state index in [0.717, 1.165) is 38.9 Å². The van der Waals surface area contributed by atoms with Gasteiger partial charge in [0.15, 0.2) is 0 Å². The molecule has 3 aromatic rings. The molecule has 37 heavy (non-hydrogen) atoms. The zero-order chi connectivity index (χ0) is 25.1. The Hall–Kier alpha value is -3.44. The summed E-state index contributed by atoms with van der Waals surface area (Å²) in [6.45, 7) is 5.12. The minimum Gasteiger partial charge on any atom is -0.310 e. The fourth-order valence-electron chi connectivity index (χ4n) is 7.34. The van der Waals surface area contributed by atoms with Gasteiger partial charge in [-0.3, -0.25) is 14.6 Å². The van der Waals surface area contributed by atoms with Crippen molar-refractivity contribution in [2.45, 2.75) is 57.2 Å². The van der Waals surface area contributed by atoms with E-state index in [1.54, 1.807) is 4.90 Å². The number of likely N-dealkylation sites (N-methyl/N-ethyl adjacent to an activating group) is 1. The third-order valence-corrected chi connectivity index (χ3v) is 9.23. The third kappa shape index (κ3) is 3.47. The average Bonchev–Trinajstić information content (AvgIpc) is 3.56. The first-order valence-electron chi connectivity index (χ1n) is 13.7. The molecule has 0 radical (unpaired) electrons. The molecule has 4 aliphatic rings. The Kier molecular flexibility index (Phi) is 5.26. The highest BCUT2D eigenvalue weighted by molar-refractivity contribution is 6.07. The molecule has 1 spiro atoms. The Morgan fingerprint density at radius 2 is 1.46 bits per heavy atom. The minimum atomic E-state index is -0.684. The van der Waals surface area contributed by atoms with Crippen molar-refractivity contribution >= 4 is 11.9 Å². The molecule has 7 rings (SSSR count). The fraction of sp³-hybridized carbons (Fsp3) is 0.375. The lowest BCUT2D eigenvalue weighted by Gasteiger charge is -2.42. The number of urea groups is 1. The Morgan fingerprint density at radius 3 is 2.16 bits per heavy atom. The maximum Gasteiger partial charge on any atom is 0.327 e. The molecule has 0 saturated carbocycles. The molecule has 2 heterocycles. The molecule has 5 heteroatoms. The van der Waals surface area contributed by atoms with Gasteiger partial charge in [-0.05, 0) is 78.0 Å². The molecule has 0 unspecified atom stereocenters. The fourth-order valence-corrected chi connectivity index (χ4v) is 7.34. The summed E-state index contributed by atoms with van der Waals surface area (Å²) in [5.74, 6) is 0.0344. The highest BCUT2D eigenvalue weighted by atomic mass is 16.2. The summed E-state index contributed by atoms with van der Waals surface area (Å²) in [6.07, 6.45) is 3.96. The van der Waals surface area contributed by atoms with Crippen molar-refractivity contribution in [1.29, 1.82) is 0 Å². The van der Waals surface area contributed by atoms with E-state index in [-0.39, 0.29) is 18.0 Å². The molecule has 2 aliphatic carbocycles. The van der Waals surface area contributed by atoms with E-state index in [1.165, 1.54) is 38.9 Å². The van der Waals surface area contributed by atoms with Gasteiger partial charge in [0.1, 0.15) is 5.54 Å². The number of imide groups is 1. The largest absolute Gasteiger partial charge is 0.327 e. The number of carbonyl (C=O) groups excluding carboxylic acids is 2. The van der Waals surface area contributed by atoms with Crippen molar-refractivity contribution in [2.24, 2.45) is 0 Å². The summed E-state index contributed by atoms with van der Waals surface area (Å²) in [5, 5.41) is 0. The van der Waals surface area contributed by atoms with Crippen LogP contribution in [0.3, 0.4) is 0 Å². The van der Waals surface area contributed by atoms with Crippen molar-refractivity contribution in [3.8, 4) is 11.1 Å². The Labute approximate surface area is 218 Å². The standard InChI is InChI=1S/C32H33N3O2/c1-2-34-31(37)35(27-19-23-7-3-4-8-24(23)20-27)30(36)32(34)13-15-33(16-14-32)21-22-11-12-29-26(17-22)18-25-9-5-6-10-28(25)29/h3-12,17,27H,2,13-16,18-21H2,1H3. The van der Waals surface area contributed by atoms with Crippen LogP contribution >= 0.6 is 0 Å². The summed E-state index contributed by atoms with van der Waals surface area (Å²) in [6, 6.07) is 23.8. The molecular weight excluding hydrogens is 458 g/mol. The number of hydrogen-bond donors (Lipinski definition) is 0. The van der Waals surface area contributed by atoms with Crippen LogP contribution < -0.4 is 0 Å². The predicted molar refractivity (Wildman–Crippen MR) is 144 cm³/mol. The number of benzene rings is 3. The van der Waals surface area contributed by atoms with Gasteiger partial charge in [-0.15, -0.1) is 0 Å². The van der Waals surface area contributed by atoms with Crippen LogP contribution in [0.5, 0.6) is 0 Å². The van der Waals surface area contributed by atoms with E-state index in [1.807, 2.05) is 24.0 Å². The second-order valence-electron chi connectivity index (χ2n) is 11.2. The summed E-state index contributed by atoms with van der Waals surface area (Å²) < 4.78 is 0. The number of fused-ring (bicyclic) bond motifs is 4. The van der Waals surface area contributed by atoms with Gasteiger partial charge >= 0.3 is 6.03 Å². The number of likely N-dealkylation sites (tertiary alicyclic amines) is 1. The molecule has 2 fully saturated rings. The van der Waals surface area contributed by atoms with E-state index in [9.17, 15) is 9.59 Å². The Morgan fingerprint density at radius 1 is 0.811 bits per heavy atom. The summed E-state index contributed by atoms with van der Waals surface area (Å²) >= 11 is 0. The van der Waals surface area contributed by atoms with Crippen molar-refractivity contribution in [3.05, 3.63) is 94.5 Å². The molecular formula is C32H33N3O2. The maximum absolute atomic E-state index is 13.9. The van der Waals surface area contributed by atoms with Gasteiger partial charge in [-0.1, -0.05) is 66.7 Å². The molecule has 2 aliphatic heterocycles. The van der Waals surface area contributed by atoms with Crippen LogP contribution in [-0.2, 0) is 30.6 Å². The Bertz CT molecular complexity index is 1380. The number of rotatable bonds is 4. The van der Waals surface area contributed by atoms with E-state index in [2.05, 4.69) is 59.5 Å². The first kappa shape index (κ1) is 22.7. The molecule has 0 N–H and O–H groups in total. The SMILES string of the molecule is CCN1C(=O)N(C2Cc3ccccc3C2)C(=O)C12CCN(Cc1ccc3c(c1)Cc1ccccc1-3)CC2. The monoisotopic (exact) mass is 491 g/mol. The zero-order valence-electron chi connectivity index (χ0n) is 21.5. The van der Waals surface area contributed by atoms with Crippen LogP contribution in [0.1, 0.15) is 47.6 Å². The van der Waals surface area contributed by atoms with Gasteiger partial charge in [0.25, 0.3) is 5.91 Å². The lowest BCUT2D eigenvalue weighted by atomic mass is 9.85. The number of amides is 3. The van der Waals surface area contributed by atoms with Gasteiger partial charge in [-0.25, -0.2) is 4.79 Å². The normalized spacial score (nSPS) is 20.6. The number of nitrogens with zero attached hydrogens (tertiary/aromatic N) is 3.